The minimum atomic E-state index is -0.278. The van der Waals surface area contributed by atoms with E-state index in [2.05, 4.69) is 15.9 Å². The van der Waals surface area contributed by atoms with Crippen LogP contribution in [0.1, 0.15) is 13.3 Å². The quantitative estimate of drug-likeness (QED) is 0.828. The first-order valence-electron chi connectivity index (χ1n) is 4.51. The molecule has 0 radical (unpaired) electrons. The fraction of sp³-hybridized carbons (Fsp3) is 0.300. The van der Waals surface area contributed by atoms with E-state index in [1.54, 1.807) is 4.57 Å². The number of nitrogens with zero attached hydrogens (tertiary/aromatic N) is 1. The zero-order valence-electron chi connectivity index (χ0n) is 7.79. The fourth-order valence-electron chi connectivity index (χ4n) is 1.48. The number of aromatic nitrogens is 1. The zero-order chi connectivity index (χ0) is 10.1. The molecule has 0 saturated carbocycles. The molecule has 2 aromatic rings. The third-order valence-corrected chi connectivity index (χ3v) is 2.57. The van der Waals surface area contributed by atoms with E-state index in [1.807, 2.05) is 25.1 Å². The van der Waals surface area contributed by atoms with Gasteiger partial charge in [-0.05, 0) is 24.6 Å². The summed E-state index contributed by atoms with van der Waals surface area (Å²) in [5.41, 5.74) is 1.50. The van der Waals surface area contributed by atoms with Crippen LogP contribution in [0.2, 0.25) is 0 Å². The molecule has 1 aromatic carbocycles. The fourth-order valence-corrected chi connectivity index (χ4v) is 1.82. The molecule has 74 valence electrons. The number of aryl methyl sites for hydroxylation is 1. The summed E-state index contributed by atoms with van der Waals surface area (Å²) in [7, 11) is 0. The Labute approximate surface area is 89.5 Å². The predicted molar refractivity (Wildman–Crippen MR) is 58.5 cm³/mol. The lowest BCUT2D eigenvalue weighted by atomic mass is 10.3. The maximum atomic E-state index is 11.4. The molecule has 14 heavy (non-hydrogen) atoms. The number of oxazole rings is 1. The average Bonchev–Trinajstić information content (AvgIpc) is 2.43. The van der Waals surface area contributed by atoms with Crippen LogP contribution in [-0.2, 0) is 6.54 Å². The predicted octanol–water partition coefficient (Wildman–Crippen LogP) is 2.77. The molecule has 0 unspecified atom stereocenters. The Hall–Kier alpha value is -1.03. The highest BCUT2D eigenvalue weighted by Crippen LogP contribution is 2.18. The Morgan fingerprint density at radius 3 is 3.00 bits per heavy atom. The van der Waals surface area contributed by atoms with Gasteiger partial charge >= 0.3 is 5.76 Å². The highest BCUT2D eigenvalue weighted by atomic mass is 79.9. The van der Waals surface area contributed by atoms with Crippen LogP contribution >= 0.6 is 15.9 Å². The van der Waals surface area contributed by atoms with Gasteiger partial charge in [0.15, 0.2) is 5.58 Å². The van der Waals surface area contributed by atoms with Crippen LogP contribution < -0.4 is 5.76 Å². The van der Waals surface area contributed by atoms with E-state index in [-0.39, 0.29) is 5.76 Å². The summed E-state index contributed by atoms with van der Waals surface area (Å²) in [6, 6.07) is 5.60. The van der Waals surface area contributed by atoms with Crippen LogP contribution in [0.15, 0.2) is 31.9 Å². The third-order valence-electron chi connectivity index (χ3n) is 2.08. The van der Waals surface area contributed by atoms with Crippen LogP contribution in [0.4, 0.5) is 0 Å². The largest absolute Gasteiger partial charge is 0.419 e. The van der Waals surface area contributed by atoms with Gasteiger partial charge in [-0.1, -0.05) is 22.9 Å². The number of hydrogen-bond donors (Lipinski definition) is 0. The molecule has 0 amide bonds. The van der Waals surface area contributed by atoms with Gasteiger partial charge in [-0.2, -0.15) is 0 Å². The molecule has 0 saturated heterocycles. The van der Waals surface area contributed by atoms with Gasteiger partial charge in [0.05, 0.1) is 5.52 Å². The Bertz CT molecular complexity index is 512. The molecule has 0 N–H and O–H groups in total. The van der Waals surface area contributed by atoms with Crippen LogP contribution in [0.25, 0.3) is 11.1 Å². The van der Waals surface area contributed by atoms with Crippen molar-refractivity contribution >= 4 is 27.0 Å². The van der Waals surface area contributed by atoms with Crippen molar-refractivity contribution in [1.82, 2.24) is 4.57 Å². The van der Waals surface area contributed by atoms with Gasteiger partial charge in [0.25, 0.3) is 0 Å². The van der Waals surface area contributed by atoms with E-state index in [0.717, 1.165) is 16.4 Å². The summed E-state index contributed by atoms with van der Waals surface area (Å²) < 4.78 is 7.68. The molecule has 1 heterocycles. The van der Waals surface area contributed by atoms with E-state index in [1.165, 1.54) is 0 Å². The van der Waals surface area contributed by atoms with Crippen LogP contribution in [0, 0.1) is 0 Å². The lowest BCUT2D eigenvalue weighted by Crippen LogP contribution is -2.13. The first-order valence-corrected chi connectivity index (χ1v) is 5.30. The van der Waals surface area contributed by atoms with Gasteiger partial charge < -0.3 is 4.42 Å². The first-order chi connectivity index (χ1) is 6.72. The highest BCUT2D eigenvalue weighted by molar-refractivity contribution is 9.10. The number of hydrogen-bond acceptors (Lipinski definition) is 2. The molecule has 2 rings (SSSR count). The van der Waals surface area contributed by atoms with Gasteiger partial charge in [0.2, 0.25) is 0 Å². The molecule has 0 spiro atoms. The Morgan fingerprint density at radius 2 is 2.29 bits per heavy atom. The van der Waals surface area contributed by atoms with Crippen LogP contribution in [0.5, 0.6) is 0 Å². The molecule has 0 fully saturated rings. The summed E-state index contributed by atoms with van der Waals surface area (Å²) in [5, 5.41) is 0. The van der Waals surface area contributed by atoms with Crippen molar-refractivity contribution in [1.29, 1.82) is 0 Å². The van der Waals surface area contributed by atoms with Gasteiger partial charge in [0.1, 0.15) is 0 Å². The summed E-state index contributed by atoms with van der Waals surface area (Å²) in [6.07, 6.45) is 0.921. The van der Waals surface area contributed by atoms with Gasteiger partial charge in [-0.3, -0.25) is 4.57 Å². The number of benzene rings is 1. The minimum absolute atomic E-state index is 0.278. The average molecular weight is 256 g/mol. The molecular formula is C10H10BrNO2. The Morgan fingerprint density at radius 1 is 1.50 bits per heavy atom. The number of halogens is 1. The topological polar surface area (TPSA) is 35.1 Å². The van der Waals surface area contributed by atoms with Crippen molar-refractivity contribution in [2.45, 2.75) is 19.9 Å². The summed E-state index contributed by atoms with van der Waals surface area (Å²) in [4.78, 5) is 11.4. The molecule has 3 nitrogen and oxygen atoms in total. The normalized spacial score (nSPS) is 11.0. The Balaban J connectivity index is 2.71. The molecule has 4 heteroatoms. The van der Waals surface area contributed by atoms with E-state index in [4.69, 9.17) is 4.42 Å². The molecule has 0 aliphatic carbocycles. The molecular weight excluding hydrogens is 246 g/mol. The zero-order valence-corrected chi connectivity index (χ0v) is 9.37. The van der Waals surface area contributed by atoms with E-state index in [9.17, 15) is 4.79 Å². The van der Waals surface area contributed by atoms with Crippen molar-refractivity contribution in [3.8, 4) is 0 Å². The second kappa shape index (κ2) is 3.61. The van der Waals surface area contributed by atoms with Crippen molar-refractivity contribution in [3.05, 3.63) is 33.2 Å². The molecule has 0 aliphatic rings. The monoisotopic (exact) mass is 255 g/mol. The SMILES string of the molecule is CCCn1c(=O)oc2cc(Br)ccc21. The summed E-state index contributed by atoms with van der Waals surface area (Å²) >= 11 is 3.33. The van der Waals surface area contributed by atoms with E-state index >= 15 is 0 Å². The van der Waals surface area contributed by atoms with Crippen LogP contribution in [-0.4, -0.2) is 4.57 Å². The molecule has 1 aromatic heterocycles. The minimum Gasteiger partial charge on any atom is -0.408 e. The summed E-state index contributed by atoms with van der Waals surface area (Å²) in [5.74, 6) is -0.278. The Kier molecular flexibility index (Phi) is 2.46. The van der Waals surface area contributed by atoms with E-state index in [0.29, 0.717) is 12.1 Å². The second-order valence-electron chi connectivity index (χ2n) is 3.13. The number of rotatable bonds is 2. The maximum absolute atomic E-state index is 11.4. The lowest BCUT2D eigenvalue weighted by molar-refractivity contribution is 0.502. The number of fused-ring (bicyclic) bond motifs is 1. The van der Waals surface area contributed by atoms with Gasteiger partial charge in [-0.25, -0.2) is 4.79 Å². The van der Waals surface area contributed by atoms with Crippen LogP contribution in [0.3, 0.4) is 0 Å². The van der Waals surface area contributed by atoms with Crippen molar-refractivity contribution in [2.24, 2.45) is 0 Å². The maximum Gasteiger partial charge on any atom is 0.419 e. The second-order valence-corrected chi connectivity index (χ2v) is 4.05. The van der Waals surface area contributed by atoms with Crippen molar-refractivity contribution < 1.29 is 4.42 Å². The van der Waals surface area contributed by atoms with Gasteiger partial charge in [-0.15, -0.1) is 0 Å². The van der Waals surface area contributed by atoms with Gasteiger partial charge in [0, 0.05) is 11.0 Å². The van der Waals surface area contributed by atoms with Crippen molar-refractivity contribution in [3.63, 3.8) is 0 Å². The van der Waals surface area contributed by atoms with E-state index < -0.39 is 0 Å². The lowest BCUT2D eigenvalue weighted by Gasteiger charge is -1.97. The molecule has 0 aliphatic heterocycles. The molecule has 0 atom stereocenters. The smallest absolute Gasteiger partial charge is 0.408 e. The molecule has 0 bridgehead atoms. The highest BCUT2D eigenvalue weighted by Gasteiger charge is 2.07. The summed E-state index contributed by atoms with van der Waals surface area (Å²) in [6.45, 7) is 2.73. The van der Waals surface area contributed by atoms with Crippen molar-refractivity contribution in [2.75, 3.05) is 0 Å². The first kappa shape index (κ1) is 9.52. The third kappa shape index (κ3) is 1.50. The standard InChI is InChI=1S/C10H10BrNO2/c1-2-5-12-8-4-3-7(11)6-9(8)14-10(12)13/h3-4,6H,2,5H2,1H3.